The molecule has 1 unspecified atom stereocenters. The van der Waals surface area contributed by atoms with Crippen molar-refractivity contribution in [3.8, 4) is 0 Å². The van der Waals surface area contributed by atoms with Crippen LogP contribution in [0, 0.1) is 5.92 Å². The Hall–Kier alpha value is -2.36. The van der Waals surface area contributed by atoms with Gasteiger partial charge in [-0.15, -0.1) is 0 Å². The molecule has 4 nitrogen and oxygen atoms in total. The Morgan fingerprint density at radius 3 is 2.52 bits per heavy atom. The monoisotopic (exact) mass is 308 g/mol. The summed E-state index contributed by atoms with van der Waals surface area (Å²) in [6, 6.07) is 11.2. The van der Waals surface area contributed by atoms with Crippen molar-refractivity contribution in [1.29, 1.82) is 0 Å². The average molecular weight is 308 g/mol. The number of benzene rings is 1. The topological polar surface area (TPSA) is 42.7 Å². The van der Waals surface area contributed by atoms with E-state index in [9.17, 15) is 0 Å². The van der Waals surface area contributed by atoms with Crippen molar-refractivity contribution >= 4 is 16.6 Å². The molecule has 2 aromatic heterocycles. The number of hydrogen-bond donors (Lipinski definition) is 1. The van der Waals surface area contributed by atoms with E-state index in [1.807, 2.05) is 24.7 Å². The third-order valence-corrected chi connectivity index (χ3v) is 4.12. The van der Waals surface area contributed by atoms with Gasteiger partial charge in [0, 0.05) is 29.5 Å². The lowest BCUT2D eigenvalue weighted by molar-refractivity contribution is 0.545. The van der Waals surface area contributed by atoms with E-state index in [2.05, 4.69) is 72.0 Å². The van der Waals surface area contributed by atoms with Crippen LogP contribution in [0.5, 0.6) is 0 Å². The molecule has 0 aliphatic rings. The van der Waals surface area contributed by atoms with Gasteiger partial charge in [0.1, 0.15) is 0 Å². The predicted octanol–water partition coefficient (Wildman–Crippen LogP) is 4.82. The Balaban J connectivity index is 1.90. The summed E-state index contributed by atoms with van der Waals surface area (Å²) >= 11 is 0. The van der Waals surface area contributed by atoms with Crippen LogP contribution in [0.3, 0.4) is 0 Å². The highest BCUT2D eigenvalue weighted by atomic mass is 15.3. The maximum Gasteiger partial charge on any atom is 0.0686 e. The summed E-state index contributed by atoms with van der Waals surface area (Å²) in [7, 11) is 0. The van der Waals surface area contributed by atoms with Gasteiger partial charge in [0.25, 0.3) is 0 Å². The molecule has 23 heavy (non-hydrogen) atoms. The minimum absolute atomic E-state index is 0.237. The molecule has 0 aliphatic carbocycles. The molecule has 4 heteroatoms. The van der Waals surface area contributed by atoms with E-state index in [-0.39, 0.29) is 6.04 Å². The maximum absolute atomic E-state index is 4.49. The third kappa shape index (κ3) is 3.21. The minimum atomic E-state index is 0.237. The highest BCUT2D eigenvalue weighted by molar-refractivity contribution is 5.82. The van der Waals surface area contributed by atoms with Crippen molar-refractivity contribution in [2.24, 2.45) is 5.92 Å². The van der Waals surface area contributed by atoms with Crippen molar-refractivity contribution < 1.29 is 0 Å². The average Bonchev–Trinajstić information content (AvgIpc) is 2.96. The van der Waals surface area contributed by atoms with Crippen LogP contribution in [0.4, 0.5) is 5.69 Å². The van der Waals surface area contributed by atoms with E-state index >= 15 is 0 Å². The molecule has 1 aromatic carbocycles. The van der Waals surface area contributed by atoms with E-state index in [0.29, 0.717) is 12.0 Å². The Bertz CT molecular complexity index is 774. The second-order valence-electron chi connectivity index (χ2n) is 6.61. The lowest BCUT2D eigenvalue weighted by Gasteiger charge is -2.24. The van der Waals surface area contributed by atoms with Crippen LogP contribution in [0.25, 0.3) is 10.9 Å². The molecule has 0 radical (unpaired) electrons. The first-order chi connectivity index (χ1) is 11.1. The zero-order valence-corrected chi connectivity index (χ0v) is 14.2. The van der Waals surface area contributed by atoms with Gasteiger partial charge in [-0.3, -0.25) is 9.67 Å². The van der Waals surface area contributed by atoms with Crippen molar-refractivity contribution in [1.82, 2.24) is 14.8 Å². The maximum atomic E-state index is 4.49. The number of anilines is 1. The van der Waals surface area contributed by atoms with Crippen LogP contribution >= 0.6 is 0 Å². The summed E-state index contributed by atoms with van der Waals surface area (Å²) in [5.41, 5.74) is 3.50. The number of rotatable bonds is 5. The van der Waals surface area contributed by atoms with Crippen molar-refractivity contribution in [2.45, 2.75) is 39.8 Å². The van der Waals surface area contributed by atoms with Gasteiger partial charge in [-0.05, 0) is 49.6 Å². The number of aromatic nitrogens is 3. The molecular formula is C19H24N4. The summed E-state index contributed by atoms with van der Waals surface area (Å²) in [5.74, 6) is 0.466. The largest absolute Gasteiger partial charge is 0.378 e. The van der Waals surface area contributed by atoms with Crippen LogP contribution in [0.2, 0.25) is 0 Å². The van der Waals surface area contributed by atoms with E-state index < -0.39 is 0 Å². The minimum Gasteiger partial charge on any atom is -0.378 e. The van der Waals surface area contributed by atoms with Crippen LogP contribution in [0.1, 0.15) is 45.3 Å². The molecule has 1 atom stereocenters. The summed E-state index contributed by atoms with van der Waals surface area (Å²) in [6.45, 7) is 8.74. The van der Waals surface area contributed by atoms with Gasteiger partial charge in [0.15, 0.2) is 0 Å². The summed E-state index contributed by atoms with van der Waals surface area (Å²) in [6.07, 6.45) is 5.69. The molecule has 0 fully saturated rings. The number of hydrogen-bond acceptors (Lipinski definition) is 3. The Morgan fingerprint density at radius 1 is 1.04 bits per heavy atom. The summed E-state index contributed by atoms with van der Waals surface area (Å²) < 4.78 is 2.06. The van der Waals surface area contributed by atoms with E-state index in [1.54, 1.807) is 0 Å². The zero-order chi connectivity index (χ0) is 16.4. The molecule has 0 amide bonds. The van der Waals surface area contributed by atoms with E-state index in [4.69, 9.17) is 0 Å². The fourth-order valence-electron chi connectivity index (χ4n) is 2.93. The normalized spacial score (nSPS) is 13.0. The van der Waals surface area contributed by atoms with Crippen molar-refractivity contribution in [3.63, 3.8) is 0 Å². The number of fused-ring (bicyclic) bond motifs is 1. The summed E-state index contributed by atoms with van der Waals surface area (Å²) in [5, 5.41) is 9.30. The first kappa shape index (κ1) is 15.5. The Kier molecular flexibility index (Phi) is 4.33. The highest BCUT2D eigenvalue weighted by Gasteiger charge is 2.16. The van der Waals surface area contributed by atoms with Crippen LogP contribution in [-0.4, -0.2) is 14.8 Å². The Morgan fingerprint density at radius 2 is 1.87 bits per heavy atom. The molecule has 0 spiro atoms. The zero-order valence-electron chi connectivity index (χ0n) is 14.2. The quantitative estimate of drug-likeness (QED) is 0.734. The standard InChI is InChI=1S/C19H24N4/c1-13(2)19(15-6-5-9-20-11-15)22-17-7-8-18-16(10-17)12-21-23(18)14(3)4/h5-14,19,22H,1-4H3. The molecule has 1 N–H and O–H groups in total. The lowest BCUT2D eigenvalue weighted by Crippen LogP contribution is -2.16. The molecule has 0 bridgehead atoms. The number of pyridine rings is 1. The molecule has 3 aromatic rings. The van der Waals surface area contributed by atoms with Gasteiger partial charge in [0.05, 0.1) is 17.8 Å². The van der Waals surface area contributed by atoms with Crippen LogP contribution < -0.4 is 5.32 Å². The van der Waals surface area contributed by atoms with Gasteiger partial charge in [0.2, 0.25) is 0 Å². The number of nitrogens with one attached hydrogen (secondary N) is 1. The van der Waals surface area contributed by atoms with Gasteiger partial charge in [-0.25, -0.2) is 0 Å². The van der Waals surface area contributed by atoms with Crippen LogP contribution in [0.15, 0.2) is 48.9 Å². The lowest BCUT2D eigenvalue weighted by atomic mass is 9.97. The number of nitrogens with zero attached hydrogens (tertiary/aromatic N) is 3. The third-order valence-electron chi connectivity index (χ3n) is 4.12. The van der Waals surface area contributed by atoms with Gasteiger partial charge < -0.3 is 5.32 Å². The highest BCUT2D eigenvalue weighted by Crippen LogP contribution is 2.28. The first-order valence-corrected chi connectivity index (χ1v) is 8.20. The first-order valence-electron chi connectivity index (χ1n) is 8.20. The van der Waals surface area contributed by atoms with Crippen molar-refractivity contribution in [2.75, 3.05) is 5.32 Å². The molecule has 120 valence electrons. The molecule has 3 rings (SSSR count). The van der Waals surface area contributed by atoms with Gasteiger partial charge >= 0.3 is 0 Å². The second kappa shape index (κ2) is 6.41. The Labute approximate surface area is 137 Å². The predicted molar refractivity (Wildman–Crippen MR) is 95.6 cm³/mol. The van der Waals surface area contributed by atoms with Crippen molar-refractivity contribution in [3.05, 3.63) is 54.5 Å². The molecule has 0 saturated heterocycles. The fraction of sp³-hybridized carbons (Fsp3) is 0.368. The van der Waals surface area contributed by atoms with Crippen LogP contribution in [-0.2, 0) is 0 Å². The van der Waals surface area contributed by atoms with Gasteiger partial charge in [-0.2, -0.15) is 5.10 Å². The molecule has 0 saturated carbocycles. The molecular weight excluding hydrogens is 284 g/mol. The second-order valence-corrected chi connectivity index (χ2v) is 6.61. The summed E-state index contributed by atoms with van der Waals surface area (Å²) in [4.78, 5) is 4.25. The molecule has 2 heterocycles. The SMILES string of the molecule is CC(C)C(Nc1ccc2c(cnn2C(C)C)c1)c1cccnc1. The van der Waals surface area contributed by atoms with E-state index in [1.165, 1.54) is 11.1 Å². The van der Waals surface area contributed by atoms with Gasteiger partial charge in [-0.1, -0.05) is 19.9 Å². The van der Waals surface area contributed by atoms with E-state index in [0.717, 1.165) is 11.1 Å². The molecule has 0 aliphatic heterocycles. The fourth-order valence-corrected chi connectivity index (χ4v) is 2.93. The smallest absolute Gasteiger partial charge is 0.0686 e.